The van der Waals surface area contributed by atoms with Crippen LogP contribution in [0.1, 0.15) is 0 Å². The molecule has 1 heterocycles. The third-order valence-corrected chi connectivity index (χ3v) is 3.09. The number of ether oxygens (including phenoxy) is 2. The molecule has 2 rings (SSSR count). The summed E-state index contributed by atoms with van der Waals surface area (Å²) in [6.07, 6.45) is 0. The van der Waals surface area contributed by atoms with Gasteiger partial charge in [0.1, 0.15) is 23.7 Å². The Morgan fingerprint density at radius 3 is 2.71 bits per heavy atom. The van der Waals surface area contributed by atoms with Crippen molar-refractivity contribution in [2.45, 2.75) is 0 Å². The van der Waals surface area contributed by atoms with Crippen molar-refractivity contribution in [1.29, 1.82) is 0 Å². The molecule has 0 bridgehead atoms. The van der Waals surface area contributed by atoms with Crippen molar-refractivity contribution in [2.75, 3.05) is 13.7 Å². The first-order valence-electron chi connectivity index (χ1n) is 4.86. The van der Waals surface area contributed by atoms with Crippen LogP contribution in [0.4, 0.5) is 0 Å². The van der Waals surface area contributed by atoms with Crippen molar-refractivity contribution in [3.63, 3.8) is 0 Å². The topological polar surface area (TPSA) is 65.0 Å². The number of hydrogen-bond acceptors (Lipinski definition) is 5. The van der Waals surface area contributed by atoms with Gasteiger partial charge in [-0.25, -0.2) is 13.4 Å². The number of aliphatic imine (C=N–C) groups is 1. The Bertz CT molecular complexity index is 575. The van der Waals surface area contributed by atoms with Gasteiger partial charge in [0, 0.05) is 6.07 Å². The molecule has 1 aliphatic rings. The van der Waals surface area contributed by atoms with Gasteiger partial charge in [0.25, 0.3) is 0 Å². The van der Waals surface area contributed by atoms with Gasteiger partial charge in [0.2, 0.25) is 9.84 Å². The first-order chi connectivity index (χ1) is 8.09. The van der Waals surface area contributed by atoms with Crippen molar-refractivity contribution < 1.29 is 17.9 Å². The molecule has 0 amide bonds. The summed E-state index contributed by atoms with van der Waals surface area (Å²) in [5.74, 6) is 1.28. The van der Waals surface area contributed by atoms with Crippen molar-refractivity contribution in [2.24, 2.45) is 4.99 Å². The van der Waals surface area contributed by atoms with Crippen LogP contribution < -0.4 is 9.47 Å². The van der Waals surface area contributed by atoms with E-state index < -0.39 is 9.84 Å². The summed E-state index contributed by atoms with van der Waals surface area (Å²) < 4.78 is 32.5. The van der Waals surface area contributed by atoms with Crippen LogP contribution in [-0.2, 0) is 9.84 Å². The number of methoxy groups -OCH3 is 1. The molecule has 0 atom stereocenters. The fourth-order valence-electron chi connectivity index (χ4n) is 1.31. The normalized spacial score (nSPS) is 16.6. The van der Waals surface area contributed by atoms with Crippen LogP contribution in [0.5, 0.6) is 11.5 Å². The molecular formula is C11H11NO4S. The van der Waals surface area contributed by atoms with E-state index in [2.05, 4.69) is 4.99 Å². The van der Waals surface area contributed by atoms with Crippen LogP contribution in [0, 0.1) is 0 Å². The summed E-state index contributed by atoms with van der Waals surface area (Å²) in [4.78, 5) is 3.74. The van der Waals surface area contributed by atoms with E-state index in [4.69, 9.17) is 9.47 Å². The SMILES string of the molecule is COc1cccc(OCC2=CS(=O)(=O)C=N2)c1. The Hall–Kier alpha value is -1.82. The monoisotopic (exact) mass is 253 g/mol. The summed E-state index contributed by atoms with van der Waals surface area (Å²) in [7, 11) is -1.71. The molecule has 0 fully saturated rings. The lowest BCUT2D eigenvalue weighted by Gasteiger charge is -2.06. The molecule has 0 unspecified atom stereocenters. The van der Waals surface area contributed by atoms with Crippen molar-refractivity contribution >= 4 is 15.4 Å². The zero-order chi connectivity index (χ0) is 12.3. The smallest absolute Gasteiger partial charge is 0.212 e. The second-order valence-electron chi connectivity index (χ2n) is 3.40. The molecule has 5 nitrogen and oxygen atoms in total. The predicted octanol–water partition coefficient (Wildman–Crippen LogP) is 1.37. The third kappa shape index (κ3) is 3.07. The predicted molar refractivity (Wildman–Crippen MR) is 64.0 cm³/mol. The van der Waals surface area contributed by atoms with E-state index in [1.807, 2.05) is 0 Å². The third-order valence-electron chi connectivity index (χ3n) is 2.09. The molecule has 1 aromatic carbocycles. The maximum atomic E-state index is 11.1. The first kappa shape index (κ1) is 11.7. The van der Waals surface area contributed by atoms with Crippen LogP contribution in [-0.4, -0.2) is 27.7 Å². The molecule has 1 aromatic rings. The Balaban J connectivity index is 2.01. The van der Waals surface area contributed by atoms with Gasteiger partial charge in [-0.1, -0.05) is 6.07 Å². The molecule has 0 aromatic heterocycles. The van der Waals surface area contributed by atoms with Gasteiger partial charge in [-0.3, -0.25) is 0 Å². The molecule has 0 saturated carbocycles. The van der Waals surface area contributed by atoms with Gasteiger partial charge < -0.3 is 9.47 Å². The second-order valence-corrected chi connectivity index (χ2v) is 5.02. The fourth-order valence-corrected chi connectivity index (χ4v) is 2.16. The Kier molecular flexibility index (Phi) is 3.14. The van der Waals surface area contributed by atoms with Crippen LogP contribution in [0.15, 0.2) is 40.4 Å². The zero-order valence-corrected chi connectivity index (χ0v) is 9.98. The van der Waals surface area contributed by atoms with E-state index in [-0.39, 0.29) is 6.61 Å². The van der Waals surface area contributed by atoms with E-state index in [1.54, 1.807) is 31.4 Å². The Labute approximate surface area is 99.3 Å². The van der Waals surface area contributed by atoms with Crippen molar-refractivity contribution in [3.05, 3.63) is 35.4 Å². The lowest BCUT2D eigenvalue weighted by atomic mass is 10.3. The lowest BCUT2D eigenvalue weighted by molar-refractivity contribution is 0.346. The Morgan fingerprint density at radius 2 is 2.06 bits per heavy atom. The van der Waals surface area contributed by atoms with Gasteiger partial charge in [0.05, 0.1) is 18.2 Å². The molecule has 17 heavy (non-hydrogen) atoms. The Morgan fingerprint density at radius 1 is 1.29 bits per heavy atom. The van der Waals surface area contributed by atoms with Crippen LogP contribution in [0.25, 0.3) is 0 Å². The van der Waals surface area contributed by atoms with Crippen molar-refractivity contribution in [1.82, 2.24) is 0 Å². The van der Waals surface area contributed by atoms with E-state index in [0.29, 0.717) is 17.2 Å². The highest BCUT2D eigenvalue weighted by Gasteiger charge is 2.13. The average Bonchev–Trinajstić information content (AvgIpc) is 2.67. The first-order valence-corrected chi connectivity index (χ1v) is 6.46. The van der Waals surface area contributed by atoms with Gasteiger partial charge >= 0.3 is 0 Å². The largest absolute Gasteiger partial charge is 0.497 e. The molecule has 0 aliphatic carbocycles. The highest BCUT2D eigenvalue weighted by atomic mass is 32.2. The van der Waals surface area contributed by atoms with E-state index >= 15 is 0 Å². The highest BCUT2D eigenvalue weighted by molar-refractivity contribution is 8.07. The molecule has 90 valence electrons. The molecule has 6 heteroatoms. The van der Waals surface area contributed by atoms with Crippen LogP contribution >= 0.6 is 0 Å². The summed E-state index contributed by atoms with van der Waals surface area (Å²) in [6, 6.07) is 7.06. The molecule has 0 radical (unpaired) electrons. The maximum Gasteiger partial charge on any atom is 0.212 e. The minimum absolute atomic E-state index is 0.114. The number of benzene rings is 1. The number of nitrogens with zero attached hydrogens (tertiary/aromatic N) is 1. The molecule has 0 spiro atoms. The van der Waals surface area contributed by atoms with E-state index in [9.17, 15) is 8.42 Å². The van der Waals surface area contributed by atoms with Crippen molar-refractivity contribution in [3.8, 4) is 11.5 Å². The minimum atomic E-state index is -3.27. The number of hydrogen-bond donors (Lipinski definition) is 0. The number of rotatable bonds is 4. The fraction of sp³-hybridized carbons (Fsp3) is 0.182. The molecular weight excluding hydrogens is 242 g/mol. The second kappa shape index (κ2) is 4.58. The lowest BCUT2D eigenvalue weighted by Crippen LogP contribution is -1.99. The van der Waals surface area contributed by atoms with Gasteiger partial charge in [-0.05, 0) is 12.1 Å². The van der Waals surface area contributed by atoms with Gasteiger partial charge in [-0.15, -0.1) is 0 Å². The van der Waals surface area contributed by atoms with Crippen LogP contribution in [0.2, 0.25) is 0 Å². The highest BCUT2D eigenvalue weighted by Crippen LogP contribution is 2.20. The minimum Gasteiger partial charge on any atom is -0.497 e. The summed E-state index contributed by atoms with van der Waals surface area (Å²) >= 11 is 0. The quantitative estimate of drug-likeness (QED) is 0.813. The van der Waals surface area contributed by atoms with Gasteiger partial charge in [0.15, 0.2) is 0 Å². The zero-order valence-electron chi connectivity index (χ0n) is 9.16. The summed E-state index contributed by atoms with van der Waals surface area (Å²) in [6.45, 7) is 0.114. The molecule has 0 saturated heterocycles. The number of sulfone groups is 1. The molecule has 0 N–H and O–H groups in total. The standard InChI is InChI=1S/C11H11NO4S/c1-15-10-3-2-4-11(5-10)16-6-9-7-17(13,14)8-12-9/h2-5,7-8H,6H2,1H3. The summed E-state index contributed by atoms with van der Waals surface area (Å²) in [5.41, 5.74) is 1.30. The van der Waals surface area contributed by atoms with Crippen LogP contribution in [0.3, 0.4) is 0 Å². The van der Waals surface area contributed by atoms with Gasteiger partial charge in [-0.2, -0.15) is 0 Å². The molecule has 1 aliphatic heterocycles. The maximum absolute atomic E-state index is 11.1. The average molecular weight is 253 g/mol. The summed E-state index contributed by atoms with van der Waals surface area (Å²) in [5, 5.41) is 1.09. The van der Waals surface area contributed by atoms with E-state index in [0.717, 1.165) is 11.0 Å². The van der Waals surface area contributed by atoms with E-state index in [1.165, 1.54) is 0 Å².